The van der Waals surface area contributed by atoms with E-state index in [1.54, 1.807) is 0 Å². The molecule has 110 valence electrons. The molecule has 2 fully saturated rings. The van der Waals surface area contributed by atoms with Crippen molar-refractivity contribution in [1.29, 1.82) is 0 Å². The van der Waals surface area contributed by atoms with Gasteiger partial charge in [0.1, 0.15) is 0 Å². The quantitative estimate of drug-likeness (QED) is 0.803. The second-order valence-corrected chi connectivity index (χ2v) is 6.48. The zero-order valence-electron chi connectivity index (χ0n) is 12.4. The fraction of sp³-hybridized carbons (Fsp3) is 0.938. The summed E-state index contributed by atoms with van der Waals surface area (Å²) in [7, 11) is 0. The number of carbonyl (C=O) groups is 1. The SMILES string of the molecule is CC(NCC1CCCCC1)C(=O)NC1CCCCC1. The van der Waals surface area contributed by atoms with Gasteiger partial charge in [-0.15, -0.1) is 0 Å². The molecular weight excluding hydrogens is 236 g/mol. The van der Waals surface area contributed by atoms with Crippen LogP contribution in [0.25, 0.3) is 0 Å². The Morgan fingerprint density at radius 3 is 2.21 bits per heavy atom. The van der Waals surface area contributed by atoms with Crippen LogP contribution < -0.4 is 10.6 Å². The van der Waals surface area contributed by atoms with E-state index in [0.717, 1.165) is 12.5 Å². The van der Waals surface area contributed by atoms with Crippen molar-refractivity contribution in [3.8, 4) is 0 Å². The zero-order chi connectivity index (χ0) is 13.5. The molecule has 0 aromatic carbocycles. The Kier molecular flexibility index (Phi) is 6.15. The molecule has 0 aliphatic heterocycles. The standard InChI is InChI=1S/C16H30N2O/c1-13(17-12-14-8-4-2-5-9-14)16(19)18-15-10-6-3-7-11-15/h13-15,17H,2-12H2,1H3,(H,18,19). The minimum atomic E-state index is -0.0381. The van der Waals surface area contributed by atoms with Crippen molar-refractivity contribution >= 4 is 5.91 Å². The van der Waals surface area contributed by atoms with E-state index in [0.29, 0.717) is 6.04 Å². The first-order valence-electron chi connectivity index (χ1n) is 8.29. The number of rotatable bonds is 5. The van der Waals surface area contributed by atoms with E-state index in [9.17, 15) is 4.79 Å². The van der Waals surface area contributed by atoms with Gasteiger partial charge in [-0.05, 0) is 45.1 Å². The lowest BCUT2D eigenvalue weighted by Gasteiger charge is -2.26. The van der Waals surface area contributed by atoms with E-state index in [2.05, 4.69) is 10.6 Å². The van der Waals surface area contributed by atoms with Crippen LogP contribution in [0, 0.1) is 5.92 Å². The molecule has 0 heterocycles. The van der Waals surface area contributed by atoms with Crippen molar-refractivity contribution in [2.75, 3.05) is 6.54 Å². The highest BCUT2D eigenvalue weighted by Crippen LogP contribution is 2.23. The van der Waals surface area contributed by atoms with Crippen LogP contribution in [0.4, 0.5) is 0 Å². The Morgan fingerprint density at radius 2 is 1.58 bits per heavy atom. The lowest BCUT2D eigenvalue weighted by atomic mass is 9.89. The van der Waals surface area contributed by atoms with Gasteiger partial charge in [0, 0.05) is 6.04 Å². The topological polar surface area (TPSA) is 41.1 Å². The fourth-order valence-electron chi connectivity index (χ4n) is 3.40. The summed E-state index contributed by atoms with van der Waals surface area (Å²) >= 11 is 0. The molecule has 3 heteroatoms. The van der Waals surface area contributed by atoms with Gasteiger partial charge in [0.25, 0.3) is 0 Å². The number of carbonyl (C=O) groups excluding carboxylic acids is 1. The molecule has 0 aromatic heterocycles. The van der Waals surface area contributed by atoms with Gasteiger partial charge in [0.05, 0.1) is 6.04 Å². The van der Waals surface area contributed by atoms with Crippen molar-refractivity contribution in [2.24, 2.45) is 5.92 Å². The van der Waals surface area contributed by atoms with Crippen LogP contribution in [-0.4, -0.2) is 24.5 Å². The van der Waals surface area contributed by atoms with E-state index in [1.807, 2.05) is 6.92 Å². The molecule has 0 bridgehead atoms. The lowest BCUT2D eigenvalue weighted by molar-refractivity contribution is -0.123. The summed E-state index contributed by atoms with van der Waals surface area (Å²) in [4.78, 5) is 12.1. The van der Waals surface area contributed by atoms with Crippen molar-refractivity contribution in [3.63, 3.8) is 0 Å². The number of hydrogen-bond donors (Lipinski definition) is 2. The van der Waals surface area contributed by atoms with E-state index < -0.39 is 0 Å². The summed E-state index contributed by atoms with van der Waals surface area (Å²) < 4.78 is 0. The maximum atomic E-state index is 12.1. The molecule has 2 saturated carbocycles. The molecular formula is C16H30N2O. The molecule has 1 amide bonds. The van der Waals surface area contributed by atoms with Crippen LogP contribution >= 0.6 is 0 Å². The van der Waals surface area contributed by atoms with Crippen molar-refractivity contribution in [1.82, 2.24) is 10.6 Å². The average molecular weight is 266 g/mol. The molecule has 0 spiro atoms. The van der Waals surface area contributed by atoms with E-state index >= 15 is 0 Å². The highest BCUT2D eigenvalue weighted by atomic mass is 16.2. The second kappa shape index (κ2) is 7.88. The van der Waals surface area contributed by atoms with Crippen molar-refractivity contribution < 1.29 is 4.79 Å². The highest BCUT2D eigenvalue weighted by molar-refractivity contribution is 5.81. The molecule has 0 saturated heterocycles. The average Bonchev–Trinajstić information content (AvgIpc) is 2.47. The predicted octanol–water partition coefficient (Wildman–Crippen LogP) is 2.99. The summed E-state index contributed by atoms with van der Waals surface area (Å²) in [5.74, 6) is 0.987. The second-order valence-electron chi connectivity index (χ2n) is 6.48. The third kappa shape index (κ3) is 5.13. The molecule has 2 N–H and O–H groups in total. The molecule has 2 aliphatic carbocycles. The van der Waals surface area contributed by atoms with Gasteiger partial charge in [0.2, 0.25) is 5.91 Å². The van der Waals surface area contributed by atoms with Gasteiger partial charge in [-0.3, -0.25) is 4.79 Å². The maximum absolute atomic E-state index is 12.1. The number of amides is 1. The largest absolute Gasteiger partial charge is 0.352 e. The molecule has 0 aromatic rings. The fourth-order valence-corrected chi connectivity index (χ4v) is 3.40. The van der Waals surface area contributed by atoms with Gasteiger partial charge >= 0.3 is 0 Å². The highest BCUT2D eigenvalue weighted by Gasteiger charge is 2.20. The van der Waals surface area contributed by atoms with Crippen LogP contribution in [0.2, 0.25) is 0 Å². The summed E-state index contributed by atoms with van der Waals surface area (Å²) in [5, 5.41) is 6.63. The third-order valence-corrected chi connectivity index (χ3v) is 4.78. The van der Waals surface area contributed by atoms with E-state index in [1.165, 1.54) is 64.2 Å². The first-order chi connectivity index (χ1) is 9.25. The van der Waals surface area contributed by atoms with E-state index in [4.69, 9.17) is 0 Å². The van der Waals surface area contributed by atoms with Gasteiger partial charge < -0.3 is 10.6 Å². The molecule has 19 heavy (non-hydrogen) atoms. The first-order valence-corrected chi connectivity index (χ1v) is 8.29. The summed E-state index contributed by atoms with van der Waals surface area (Å²) in [5.41, 5.74) is 0. The Hall–Kier alpha value is -0.570. The number of hydrogen-bond acceptors (Lipinski definition) is 2. The van der Waals surface area contributed by atoms with Crippen molar-refractivity contribution in [2.45, 2.75) is 83.2 Å². The lowest BCUT2D eigenvalue weighted by Crippen LogP contribution is -2.47. The summed E-state index contributed by atoms with van der Waals surface area (Å²) in [6.45, 7) is 3.01. The minimum Gasteiger partial charge on any atom is -0.352 e. The zero-order valence-corrected chi connectivity index (χ0v) is 12.4. The Balaban J connectivity index is 1.63. The third-order valence-electron chi connectivity index (χ3n) is 4.78. The van der Waals surface area contributed by atoms with Gasteiger partial charge in [0.15, 0.2) is 0 Å². The molecule has 2 rings (SSSR count). The van der Waals surface area contributed by atoms with Gasteiger partial charge in [-0.25, -0.2) is 0 Å². The Bertz CT molecular complexity index is 268. The molecule has 1 unspecified atom stereocenters. The molecule has 3 nitrogen and oxygen atoms in total. The molecule has 1 atom stereocenters. The van der Waals surface area contributed by atoms with Crippen LogP contribution in [0.15, 0.2) is 0 Å². The Labute approximate surface area is 117 Å². The van der Waals surface area contributed by atoms with Crippen molar-refractivity contribution in [3.05, 3.63) is 0 Å². The van der Waals surface area contributed by atoms with Crippen LogP contribution in [-0.2, 0) is 4.79 Å². The monoisotopic (exact) mass is 266 g/mol. The predicted molar refractivity (Wildman–Crippen MR) is 79.1 cm³/mol. The van der Waals surface area contributed by atoms with Gasteiger partial charge in [-0.1, -0.05) is 38.5 Å². The summed E-state index contributed by atoms with van der Waals surface area (Å²) in [6, 6.07) is 0.393. The van der Waals surface area contributed by atoms with E-state index in [-0.39, 0.29) is 11.9 Å². The normalized spacial score (nSPS) is 24.1. The molecule has 2 aliphatic rings. The van der Waals surface area contributed by atoms with Crippen LogP contribution in [0.5, 0.6) is 0 Å². The smallest absolute Gasteiger partial charge is 0.237 e. The number of nitrogens with one attached hydrogen (secondary N) is 2. The van der Waals surface area contributed by atoms with Crippen LogP contribution in [0.3, 0.4) is 0 Å². The maximum Gasteiger partial charge on any atom is 0.237 e. The first kappa shape index (κ1) is 14.8. The van der Waals surface area contributed by atoms with Crippen LogP contribution in [0.1, 0.15) is 71.1 Å². The Morgan fingerprint density at radius 1 is 1.00 bits per heavy atom. The molecule has 0 radical (unpaired) electrons. The summed E-state index contributed by atoms with van der Waals surface area (Å²) in [6.07, 6.45) is 13.0. The van der Waals surface area contributed by atoms with Gasteiger partial charge in [-0.2, -0.15) is 0 Å². The minimum absolute atomic E-state index is 0.0381.